The topological polar surface area (TPSA) is 73.5 Å². The van der Waals surface area contributed by atoms with Crippen LogP contribution in [0.3, 0.4) is 0 Å². The van der Waals surface area contributed by atoms with Gasteiger partial charge in [0.15, 0.2) is 0 Å². The maximum Gasteiger partial charge on any atom is 0.319 e. The third-order valence-electron chi connectivity index (χ3n) is 5.44. The Morgan fingerprint density at radius 1 is 1.20 bits per heavy atom. The van der Waals surface area contributed by atoms with E-state index in [1.54, 1.807) is 0 Å². The molecule has 0 spiro atoms. The SMILES string of the molecule is C[C@@H]1CCNC(=O)[C@@H]1NC(=O)Nc1ccccc1N(C)C1CCCC1. The van der Waals surface area contributed by atoms with Gasteiger partial charge in [-0.05, 0) is 37.3 Å². The van der Waals surface area contributed by atoms with E-state index in [9.17, 15) is 9.59 Å². The molecule has 0 aromatic heterocycles. The summed E-state index contributed by atoms with van der Waals surface area (Å²) in [6.45, 7) is 2.67. The number of piperidine rings is 1. The molecule has 136 valence electrons. The van der Waals surface area contributed by atoms with Crippen molar-refractivity contribution in [2.75, 3.05) is 23.8 Å². The van der Waals surface area contributed by atoms with Crippen molar-refractivity contribution >= 4 is 23.3 Å². The molecular formula is C19H28N4O2. The van der Waals surface area contributed by atoms with E-state index in [4.69, 9.17) is 0 Å². The summed E-state index contributed by atoms with van der Waals surface area (Å²) in [5.74, 6) is 0.0289. The molecule has 2 atom stereocenters. The van der Waals surface area contributed by atoms with Crippen LogP contribution in [0.2, 0.25) is 0 Å². The molecule has 1 heterocycles. The van der Waals surface area contributed by atoms with Crippen LogP contribution in [0.5, 0.6) is 0 Å². The Morgan fingerprint density at radius 2 is 1.92 bits per heavy atom. The largest absolute Gasteiger partial charge is 0.370 e. The van der Waals surface area contributed by atoms with E-state index >= 15 is 0 Å². The fraction of sp³-hybridized carbons (Fsp3) is 0.579. The third-order valence-corrected chi connectivity index (χ3v) is 5.44. The summed E-state index contributed by atoms with van der Waals surface area (Å²) in [5.41, 5.74) is 1.80. The molecule has 1 aromatic carbocycles. The smallest absolute Gasteiger partial charge is 0.319 e. The number of carbonyl (C=O) groups is 2. The average Bonchev–Trinajstić information content (AvgIpc) is 3.13. The first-order valence-corrected chi connectivity index (χ1v) is 9.23. The van der Waals surface area contributed by atoms with Gasteiger partial charge in [-0.3, -0.25) is 4.79 Å². The molecule has 0 bridgehead atoms. The van der Waals surface area contributed by atoms with Crippen LogP contribution in [0.15, 0.2) is 24.3 Å². The van der Waals surface area contributed by atoms with Gasteiger partial charge in [0.2, 0.25) is 5.91 Å². The first-order chi connectivity index (χ1) is 12.1. The summed E-state index contributed by atoms with van der Waals surface area (Å²) in [5, 5.41) is 8.56. The number of hydrogen-bond donors (Lipinski definition) is 3. The summed E-state index contributed by atoms with van der Waals surface area (Å²) in [6.07, 6.45) is 5.78. The first-order valence-electron chi connectivity index (χ1n) is 9.23. The van der Waals surface area contributed by atoms with Crippen LogP contribution in [-0.2, 0) is 4.79 Å². The van der Waals surface area contributed by atoms with Crippen molar-refractivity contribution in [3.8, 4) is 0 Å². The Hall–Kier alpha value is -2.24. The van der Waals surface area contributed by atoms with E-state index in [2.05, 4.69) is 27.9 Å². The number of nitrogens with one attached hydrogen (secondary N) is 3. The third kappa shape index (κ3) is 4.06. The molecule has 25 heavy (non-hydrogen) atoms. The molecule has 2 aliphatic rings. The van der Waals surface area contributed by atoms with Crippen molar-refractivity contribution in [1.29, 1.82) is 0 Å². The number of urea groups is 1. The Balaban J connectivity index is 1.68. The van der Waals surface area contributed by atoms with E-state index in [0.717, 1.165) is 17.8 Å². The van der Waals surface area contributed by atoms with Crippen LogP contribution in [0.1, 0.15) is 39.0 Å². The van der Waals surface area contributed by atoms with E-state index in [-0.39, 0.29) is 17.9 Å². The molecule has 3 amide bonds. The van der Waals surface area contributed by atoms with Gasteiger partial charge in [0.25, 0.3) is 0 Å². The molecule has 1 saturated heterocycles. The fourth-order valence-electron chi connectivity index (χ4n) is 3.84. The van der Waals surface area contributed by atoms with E-state index in [1.807, 2.05) is 31.2 Å². The predicted molar refractivity (Wildman–Crippen MR) is 99.8 cm³/mol. The van der Waals surface area contributed by atoms with Crippen molar-refractivity contribution < 1.29 is 9.59 Å². The number of nitrogens with zero attached hydrogens (tertiary/aromatic N) is 1. The van der Waals surface area contributed by atoms with Crippen molar-refractivity contribution in [2.45, 2.75) is 51.1 Å². The second kappa shape index (κ2) is 7.76. The number of hydrogen-bond acceptors (Lipinski definition) is 3. The van der Waals surface area contributed by atoms with Gasteiger partial charge in [-0.15, -0.1) is 0 Å². The molecule has 6 heteroatoms. The van der Waals surface area contributed by atoms with Crippen LogP contribution in [0.4, 0.5) is 16.2 Å². The highest BCUT2D eigenvalue weighted by molar-refractivity contribution is 5.96. The molecule has 2 fully saturated rings. The standard InChI is InChI=1S/C19H28N4O2/c1-13-11-12-20-18(24)17(13)22-19(25)21-15-9-5-6-10-16(15)23(2)14-7-3-4-8-14/h5-6,9-10,13-14,17H,3-4,7-8,11-12H2,1-2H3,(H,20,24)(H2,21,22,25)/t13-,17-/m1/s1. The molecule has 6 nitrogen and oxygen atoms in total. The minimum atomic E-state index is -0.478. The lowest BCUT2D eigenvalue weighted by atomic mass is 9.94. The molecule has 0 unspecified atom stereocenters. The number of anilines is 2. The second-order valence-electron chi connectivity index (χ2n) is 7.20. The quantitative estimate of drug-likeness (QED) is 0.786. The van der Waals surface area contributed by atoms with Crippen molar-refractivity contribution in [1.82, 2.24) is 10.6 Å². The van der Waals surface area contributed by atoms with E-state index in [0.29, 0.717) is 12.6 Å². The van der Waals surface area contributed by atoms with Gasteiger partial charge < -0.3 is 20.9 Å². The van der Waals surface area contributed by atoms with Crippen molar-refractivity contribution in [2.24, 2.45) is 5.92 Å². The molecule has 0 radical (unpaired) electrons. The summed E-state index contributed by atoms with van der Waals surface area (Å²) in [6, 6.07) is 7.55. The summed E-state index contributed by atoms with van der Waals surface area (Å²) in [4.78, 5) is 26.7. The first kappa shape index (κ1) is 17.6. The molecule has 3 N–H and O–H groups in total. The normalized spacial score (nSPS) is 23.8. The molecule has 3 rings (SSSR count). The summed E-state index contributed by atoms with van der Waals surface area (Å²) in [7, 11) is 2.09. The lowest BCUT2D eigenvalue weighted by Gasteiger charge is -2.30. The van der Waals surface area contributed by atoms with Gasteiger partial charge in [-0.2, -0.15) is 0 Å². The fourth-order valence-corrected chi connectivity index (χ4v) is 3.84. The van der Waals surface area contributed by atoms with E-state index in [1.165, 1.54) is 25.7 Å². The molecule has 1 aromatic rings. The highest BCUT2D eigenvalue weighted by Gasteiger charge is 2.30. The van der Waals surface area contributed by atoms with E-state index < -0.39 is 6.04 Å². The number of carbonyl (C=O) groups excluding carboxylic acids is 2. The Morgan fingerprint density at radius 3 is 2.64 bits per heavy atom. The highest BCUT2D eigenvalue weighted by Crippen LogP contribution is 2.31. The second-order valence-corrected chi connectivity index (χ2v) is 7.20. The summed E-state index contributed by atoms with van der Waals surface area (Å²) < 4.78 is 0. The molecule has 1 saturated carbocycles. The van der Waals surface area contributed by atoms with Gasteiger partial charge in [0.1, 0.15) is 6.04 Å². The van der Waals surface area contributed by atoms with Crippen LogP contribution in [0.25, 0.3) is 0 Å². The van der Waals surface area contributed by atoms with Crippen LogP contribution >= 0.6 is 0 Å². The zero-order valence-electron chi connectivity index (χ0n) is 15.0. The Bertz CT molecular complexity index is 628. The van der Waals surface area contributed by atoms with Crippen LogP contribution in [-0.4, -0.2) is 37.6 Å². The van der Waals surface area contributed by atoms with Crippen molar-refractivity contribution in [3.05, 3.63) is 24.3 Å². The van der Waals surface area contributed by atoms with Crippen LogP contribution in [0, 0.1) is 5.92 Å². The maximum atomic E-state index is 12.4. The minimum absolute atomic E-state index is 0.106. The Kier molecular flexibility index (Phi) is 5.46. The molecular weight excluding hydrogens is 316 g/mol. The van der Waals surface area contributed by atoms with Gasteiger partial charge in [0.05, 0.1) is 11.4 Å². The number of para-hydroxylation sites is 2. The zero-order valence-corrected chi connectivity index (χ0v) is 15.0. The van der Waals surface area contributed by atoms with Crippen LogP contribution < -0.4 is 20.9 Å². The monoisotopic (exact) mass is 344 g/mol. The number of rotatable bonds is 4. The zero-order chi connectivity index (χ0) is 17.8. The minimum Gasteiger partial charge on any atom is -0.370 e. The van der Waals surface area contributed by atoms with Gasteiger partial charge in [0, 0.05) is 19.6 Å². The summed E-state index contributed by atoms with van der Waals surface area (Å²) >= 11 is 0. The Labute approximate surface area is 149 Å². The van der Waals surface area contributed by atoms with Gasteiger partial charge in [-0.1, -0.05) is 31.9 Å². The lowest BCUT2D eigenvalue weighted by Crippen LogP contribution is -2.55. The molecule has 1 aliphatic heterocycles. The predicted octanol–water partition coefficient (Wildman–Crippen LogP) is 2.71. The van der Waals surface area contributed by atoms with Gasteiger partial charge >= 0.3 is 6.03 Å². The number of amides is 3. The lowest BCUT2D eigenvalue weighted by molar-refractivity contribution is -0.125. The average molecular weight is 344 g/mol. The van der Waals surface area contributed by atoms with Crippen molar-refractivity contribution in [3.63, 3.8) is 0 Å². The van der Waals surface area contributed by atoms with Gasteiger partial charge in [-0.25, -0.2) is 4.79 Å². The number of benzene rings is 1. The highest BCUT2D eigenvalue weighted by atomic mass is 16.2. The maximum absolute atomic E-state index is 12.4. The molecule has 1 aliphatic carbocycles.